The largest absolute Gasteiger partial charge is 0.444 e. The van der Waals surface area contributed by atoms with Gasteiger partial charge in [0.2, 0.25) is 5.89 Å². The quantitative estimate of drug-likeness (QED) is 0.171. The van der Waals surface area contributed by atoms with Crippen molar-refractivity contribution in [3.63, 3.8) is 0 Å². The molecule has 3 aromatic carbocycles. The van der Waals surface area contributed by atoms with Gasteiger partial charge in [0, 0.05) is 0 Å². The number of rotatable bonds is 6. The number of nitrogens with one attached hydrogen (secondary N) is 3. The molecule has 5 rings (SSSR count). The van der Waals surface area contributed by atoms with Gasteiger partial charge in [-0.1, -0.05) is 60.7 Å². The zero-order valence-corrected chi connectivity index (χ0v) is 18.0. The number of oxazole rings is 1. The lowest BCUT2D eigenvalue weighted by Crippen LogP contribution is -2.29. The van der Waals surface area contributed by atoms with Crippen LogP contribution in [0.5, 0.6) is 0 Å². The Kier molecular flexibility index (Phi) is 5.54. The maximum atomic E-state index is 12.1. The van der Waals surface area contributed by atoms with Crippen LogP contribution in [-0.4, -0.2) is 20.2 Å². The summed E-state index contributed by atoms with van der Waals surface area (Å²) in [6.45, 7) is 1.75. The highest BCUT2D eigenvalue weighted by atomic mass is 17.2. The highest BCUT2D eigenvalue weighted by molar-refractivity contribution is 5.94. The zero-order chi connectivity index (χ0) is 23.7. The van der Waals surface area contributed by atoms with Crippen LogP contribution in [0.3, 0.4) is 0 Å². The van der Waals surface area contributed by atoms with Gasteiger partial charge in [-0.15, -0.1) is 4.99 Å². The highest BCUT2D eigenvalue weighted by Crippen LogP contribution is 2.37. The number of aromatic nitrogens is 3. The van der Waals surface area contributed by atoms with Crippen molar-refractivity contribution < 1.29 is 14.7 Å². The molecular formula is C25H20N4O5. The van der Waals surface area contributed by atoms with Gasteiger partial charge in [0.05, 0.1) is 33.9 Å². The molecule has 0 aliphatic rings. The minimum absolute atomic E-state index is 0.188. The van der Waals surface area contributed by atoms with Crippen LogP contribution in [0.15, 0.2) is 87.0 Å². The molecule has 0 atom stereocenters. The standard InChI is InChI=1S/C25H20N4O5/c1-14-17(29-34-32)12-18-22(28-24(31)23(30)26-18)20(14)25-27-19(13-33-25)21(15-8-4-2-5-9-15)16-10-6-3-7-11-16/h2-13,21,29,32H,1H3,(H,26,30)(H,28,31). The second kappa shape index (κ2) is 8.81. The van der Waals surface area contributed by atoms with Crippen LogP contribution >= 0.6 is 0 Å². The van der Waals surface area contributed by atoms with E-state index in [2.05, 4.69) is 20.4 Å². The fraction of sp³-hybridized carbons (Fsp3) is 0.0800. The van der Waals surface area contributed by atoms with E-state index in [1.807, 2.05) is 60.7 Å². The molecule has 2 heterocycles. The molecule has 0 spiro atoms. The van der Waals surface area contributed by atoms with Crippen molar-refractivity contribution >= 4 is 16.7 Å². The Balaban J connectivity index is 1.72. The van der Waals surface area contributed by atoms with Gasteiger partial charge in [0.1, 0.15) is 6.26 Å². The molecule has 2 aromatic heterocycles. The van der Waals surface area contributed by atoms with E-state index in [9.17, 15) is 9.59 Å². The second-order valence-electron chi connectivity index (χ2n) is 7.78. The molecule has 9 nitrogen and oxygen atoms in total. The van der Waals surface area contributed by atoms with E-state index in [1.54, 1.807) is 13.2 Å². The van der Waals surface area contributed by atoms with Crippen molar-refractivity contribution in [2.75, 3.05) is 5.48 Å². The molecule has 34 heavy (non-hydrogen) atoms. The van der Waals surface area contributed by atoms with Crippen LogP contribution in [-0.2, 0) is 4.99 Å². The van der Waals surface area contributed by atoms with Gasteiger partial charge in [-0.3, -0.25) is 9.59 Å². The van der Waals surface area contributed by atoms with Crippen molar-refractivity contribution in [3.8, 4) is 11.5 Å². The Labute approximate surface area is 192 Å². The molecule has 0 saturated carbocycles. The predicted molar refractivity (Wildman–Crippen MR) is 127 cm³/mol. The number of nitrogens with zero attached hydrogens (tertiary/aromatic N) is 1. The number of H-pyrrole nitrogens is 2. The lowest BCUT2D eigenvalue weighted by molar-refractivity contribution is -0.215. The third kappa shape index (κ3) is 3.79. The molecule has 0 fully saturated rings. The van der Waals surface area contributed by atoms with Gasteiger partial charge in [-0.2, -0.15) is 0 Å². The van der Waals surface area contributed by atoms with Crippen molar-refractivity contribution in [1.29, 1.82) is 0 Å². The maximum absolute atomic E-state index is 12.1. The summed E-state index contributed by atoms with van der Waals surface area (Å²) in [5, 5.41) is 8.93. The fourth-order valence-electron chi connectivity index (χ4n) is 4.14. The summed E-state index contributed by atoms with van der Waals surface area (Å²) in [6, 6.07) is 21.4. The molecule has 4 N–H and O–H groups in total. The highest BCUT2D eigenvalue weighted by Gasteiger charge is 2.24. The zero-order valence-electron chi connectivity index (χ0n) is 18.0. The van der Waals surface area contributed by atoms with E-state index in [0.29, 0.717) is 33.5 Å². The summed E-state index contributed by atoms with van der Waals surface area (Å²) >= 11 is 0. The van der Waals surface area contributed by atoms with E-state index in [-0.39, 0.29) is 11.8 Å². The number of fused-ring (bicyclic) bond motifs is 1. The van der Waals surface area contributed by atoms with E-state index in [4.69, 9.17) is 14.7 Å². The van der Waals surface area contributed by atoms with Crippen LogP contribution in [0, 0.1) is 6.92 Å². The van der Waals surface area contributed by atoms with Crippen molar-refractivity contribution in [1.82, 2.24) is 15.0 Å². The molecule has 0 aliphatic heterocycles. The first-order valence-electron chi connectivity index (χ1n) is 10.5. The summed E-state index contributed by atoms with van der Waals surface area (Å²) in [6.07, 6.45) is 1.58. The number of hydrogen-bond donors (Lipinski definition) is 4. The Morgan fingerprint density at radius 1 is 0.971 bits per heavy atom. The number of aromatic amines is 2. The molecule has 0 radical (unpaired) electrons. The minimum atomic E-state index is -0.806. The summed E-state index contributed by atoms with van der Waals surface area (Å²) in [4.78, 5) is 38.0. The number of anilines is 1. The van der Waals surface area contributed by atoms with Crippen LogP contribution in [0.4, 0.5) is 5.69 Å². The molecule has 9 heteroatoms. The summed E-state index contributed by atoms with van der Waals surface area (Å²) in [5.41, 5.74) is 5.54. The van der Waals surface area contributed by atoms with Crippen LogP contribution in [0.25, 0.3) is 22.5 Å². The molecule has 0 saturated heterocycles. The SMILES string of the molecule is Cc1c(NOO)cc2[nH]c(=O)c(=O)[nH]c2c1-c1nc(C(c2ccccc2)c2ccccc2)co1. The van der Waals surface area contributed by atoms with Crippen molar-refractivity contribution in [3.05, 3.63) is 116 Å². The van der Waals surface area contributed by atoms with Crippen LogP contribution < -0.4 is 16.6 Å². The summed E-state index contributed by atoms with van der Waals surface area (Å²) < 4.78 is 5.91. The van der Waals surface area contributed by atoms with E-state index in [0.717, 1.165) is 11.1 Å². The van der Waals surface area contributed by atoms with Crippen LogP contribution in [0.2, 0.25) is 0 Å². The minimum Gasteiger partial charge on any atom is -0.444 e. The molecule has 0 amide bonds. The van der Waals surface area contributed by atoms with E-state index in [1.165, 1.54) is 6.07 Å². The van der Waals surface area contributed by atoms with Crippen molar-refractivity contribution in [2.45, 2.75) is 12.8 Å². The molecular weight excluding hydrogens is 436 g/mol. The molecule has 0 unspecified atom stereocenters. The average Bonchev–Trinajstić information content (AvgIpc) is 3.32. The van der Waals surface area contributed by atoms with E-state index < -0.39 is 11.1 Å². The van der Waals surface area contributed by atoms with E-state index >= 15 is 0 Å². The number of benzene rings is 3. The lowest BCUT2D eigenvalue weighted by Gasteiger charge is -2.15. The maximum Gasteiger partial charge on any atom is 0.314 e. The van der Waals surface area contributed by atoms with Crippen molar-refractivity contribution in [2.24, 2.45) is 0 Å². The Morgan fingerprint density at radius 3 is 2.21 bits per heavy atom. The average molecular weight is 456 g/mol. The Bertz CT molecular complexity index is 1530. The van der Waals surface area contributed by atoms with Crippen LogP contribution in [0.1, 0.15) is 28.3 Å². The van der Waals surface area contributed by atoms with Gasteiger partial charge in [0.15, 0.2) is 0 Å². The molecule has 0 bridgehead atoms. The van der Waals surface area contributed by atoms with Gasteiger partial charge in [0.25, 0.3) is 0 Å². The van der Waals surface area contributed by atoms with Gasteiger partial charge >= 0.3 is 11.1 Å². The van der Waals surface area contributed by atoms with Gasteiger partial charge in [-0.25, -0.2) is 15.7 Å². The Hall–Kier alpha value is -4.47. The first kappa shape index (κ1) is 21.4. The first-order valence-corrected chi connectivity index (χ1v) is 10.5. The normalized spacial score (nSPS) is 11.3. The van der Waals surface area contributed by atoms with Gasteiger partial charge < -0.3 is 14.4 Å². The lowest BCUT2D eigenvalue weighted by atomic mass is 9.89. The third-order valence-electron chi connectivity index (χ3n) is 5.73. The summed E-state index contributed by atoms with van der Waals surface area (Å²) in [7, 11) is 0. The first-order chi connectivity index (χ1) is 16.6. The smallest absolute Gasteiger partial charge is 0.314 e. The Morgan fingerprint density at radius 2 is 1.59 bits per heavy atom. The number of hydrogen-bond acceptors (Lipinski definition) is 7. The topological polar surface area (TPSA) is 133 Å². The monoisotopic (exact) mass is 456 g/mol. The fourth-order valence-corrected chi connectivity index (χ4v) is 4.14. The third-order valence-corrected chi connectivity index (χ3v) is 5.73. The molecule has 0 aliphatic carbocycles. The molecule has 170 valence electrons. The molecule has 5 aromatic rings. The predicted octanol–water partition coefficient (Wildman–Crippen LogP) is 4.18. The van der Waals surface area contributed by atoms with Gasteiger partial charge in [-0.05, 0) is 29.7 Å². The summed E-state index contributed by atoms with van der Waals surface area (Å²) in [5.74, 6) is 0.0473. The second-order valence-corrected chi connectivity index (χ2v) is 7.78.